The van der Waals surface area contributed by atoms with E-state index in [0.717, 1.165) is 72.9 Å². The minimum absolute atomic E-state index is 0.173. The second-order valence-electron chi connectivity index (χ2n) is 9.14. The number of hydrogen-bond acceptors (Lipinski definition) is 3. The van der Waals surface area contributed by atoms with Gasteiger partial charge in [0.15, 0.2) is 11.7 Å². The maximum Gasteiger partial charge on any atom is 0.187 e. The van der Waals surface area contributed by atoms with Gasteiger partial charge in [0, 0.05) is 5.56 Å². The molecular formula is C26H29FO3. The van der Waals surface area contributed by atoms with Gasteiger partial charge in [0.2, 0.25) is 0 Å². The molecule has 0 atom stereocenters. The van der Waals surface area contributed by atoms with Gasteiger partial charge in [-0.2, -0.15) is 0 Å². The summed E-state index contributed by atoms with van der Waals surface area (Å²) in [5, 5.41) is 10.1. The van der Waals surface area contributed by atoms with E-state index in [-0.39, 0.29) is 23.6 Å². The lowest BCUT2D eigenvalue weighted by atomic mass is 9.76. The zero-order valence-corrected chi connectivity index (χ0v) is 17.7. The van der Waals surface area contributed by atoms with Crippen LogP contribution in [0.2, 0.25) is 0 Å². The molecule has 3 nitrogen and oxygen atoms in total. The number of aliphatic hydroxyl groups is 1. The molecule has 2 aliphatic carbocycles. The average molecular weight is 409 g/mol. The summed E-state index contributed by atoms with van der Waals surface area (Å²) >= 11 is 0. The third-order valence-corrected chi connectivity index (χ3v) is 6.84. The van der Waals surface area contributed by atoms with Gasteiger partial charge in [-0.15, -0.1) is 0 Å². The summed E-state index contributed by atoms with van der Waals surface area (Å²) in [5.41, 5.74) is 2.30. The highest BCUT2D eigenvalue weighted by molar-refractivity contribution is 5.76. The van der Waals surface area contributed by atoms with Crippen LogP contribution in [0.25, 0.3) is 11.1 Å². The quantitative estimate of drug-likeness (QED) is 0.431. The Labute approximate surface area is 177 Å². The summed E-state index contributed by atoms with van der Waals surface area (Å²) < 4.78 is 21.3. The van der Waals surface area contributed by atoms with E-state index in [2.05, 4.69) is 0 Å². The molecule has 0 saturated heterocycles. The number of halogens is 1. The van der Waals surface area contributed by atoms with Gasteiger partial charge in [0.1, 0.15) is 11.6 Å². The van der Waals surface area contributed by atoms with Crippen molar-refractivity contribution in [3.05, 3.63) is 59.1 Å². The Morgan fingerprint density at radius 2 is 1.80 bits per heavy atom. The topological polar surface area (TPSA) is 46.5 Å². The van der Waals surface area contributed by atoms with Crippen molar-refractivity contribution in [1.82, 2.24) is 0 Å². The van der Waals surface area contributed by atoms with Crippen molar-refractivity contribution < 1.29 is 19.0 Å². The first-order valence-corrected chi connectivity index (χ1v) is 11.0. The fourth-order valence-electron chi connectivity index (χ4n) is 4.57. The molecule has 0 amide bonds. The smallest absolute Gasteiger partial charge is 0.187 e. The Kier molecular flexibility index (Phi) is 5.71. The monoisotopic (exact) mass is 408 g/mol. The molecule has 0 unspecified atom stereocenters. The van der Waals surface area contributed by atoms with Crippen molar-refractivity contribution in [2.45, 2.75) is 76.2 Å². The maximum atomic E-state index is 14.9. The first kappa shape index (κ1) is 20.7. The Morgan fingerprint density at radius 3 is 2.43 bits per heavy atom. The Bertz CT molecular complexity index is 978. The molecule has 0 bridgehead atoms. The Balaban J connectivity index is 1.86. The van der Waals surface area contributed by atoms with Crippen molar-refractivity contribution in [1.29, 1.82) is 0 Å². The number of allylic oxidation sites excluding steroid dienone is 1. The summed E-state index contributed by atoms with van der Waals surface area (Å²) in [5.74, 6) is 2.06. The van der Waals surface area contributed by atoms with E-state index >= 15 is 0 Å². The standard InChI is InChI=1S/C26H29FO3/c1-26(2,24(29)16-28)18-13-14-23(30-19-9-3-4-10-19)21(15-18)20-11-6-12-22(27)25(20)17-7-5-8-17/h6,11-15,17,19,29H,3-5,7-10H2,1-2H3. The predicted molar refractivity (Wildman–Crippen MR) is 116 cm³/mol. The highest BCUT2D eigenvalue weighted by atomic mass is 19.1. The first-order valence-electron chi connectivity index (χ1n) is 11.0. The van der Waals surface area contributed by atoms with Crippen LogP contribution in [0.15, 0.2) is 42.2 Å². The van der Waals surface area contributed by atoms with Gasteiger partial charge in [-0.3, -0.25) is 0 Å². The average Bonchev–Trinajstić information content (AvgIpc) is 3.21. The predicted octanol–water partition coefficient (Wildman–Crippen LogP) is 6.63. The molecule has 0 spiro atoms. The summed E-state index contributed by atoms with van der Waals surface area (Å²) in [6.07, 6.45) is 7.66. The minimum Gasteiger partial charge on any atom is -0.501 e. The molecule has 4 heteroatoms. The van der Waals surface area contributed by atoms with Crippen LogP contribution in [-0.4, -0.2) is 17.2 Å². The highest BCUT2D eigenvalue weighted by Crippen LogP contribution is 2.46. The Hall–Kier alpha value is -2.58. The van der Waals surface area contributed by atoms with Crippen LogP contribution in [-0.2, 0) is 10.2 Å². The lowest BCUT2D eigenvalue weighted by molar-refractivity contribution is 0.211. The fraction of sp³-hybridized carbons (Fsp3) is 0.462. The molecule has 4 rings (SSSR count). The molecule has 0 heterocycles. The lowest BCUT2D eigenvalue weighted by Gasteiger charge is -2.30. The molecule has 0 aromatic heterocycles. The van der Waals surface area contributed by atoms with E-state index in [9.17, 15) is 14.3 Å². The number of aliphatic hydroxyl groups excluding tert-OH is 1. The zero-order chi connectivity index (χ0) is 21.3. The summed E-state index contributed by atoms with van der Waals surface area (Å²) in [4.78, 5) is 11.1. The third-order valence-electron chi connectivity index (χ3n) is 6.84. The lowest BCUT2D eigenvalue weighted by Crippen LogP contribution is -2.21. The van der Waals surface area contributed by atoms with E-state index in [1.54, 1.807) is 25.9 Å². The molecule has 0 aliphatic heterocycles. The number of carbonyl (C=O) groups excluding carboxylic acids is 1. The molecule has 2 saturated carbocycles. The van der Waals surface area contributed by atoms with E-state index in [1.807, 2.05) is 24.3 Å². The van der Waals surface area contributed by atoms with Gasteiger partial charge in [0.05, 0.1) is 11.5 Å². The van der Waals surface area contributed by atoms with Crippen LogP contribution < -0.4 is 4.74 Å². The summed E-state index contributed by atoms with van der Waals surface area (Å²) in [6.45, 7) is 3.56. The van der Waals surface area contributed by atoms with Crippen molar-refractivity contribution >= 4 is 5.94 Å². The number of rotatable bonds is 6. The van der Waals surface area contributed by atoms with E-state index in [1.165, 1.54) is 6.07 Å². The highest BCUT2D eigenvalue weighted by Gasteiger charge is 2.31. The molecule has 2 aromatic carbocycles. The molecule has 2 aromatic rings. The van der Waals surface area contributed by atoms with Crippen molar-refractivity contribution in [2.24, 2.45) is 0 Å². The zero-order valence-electron chi connectivity index (χ0n) is 17.7. The van der Waals surface area contributed by atoms with Gasteiger partial charge in [-0.1, -0.05) is 24.6 Å². The number of hydrogen-bond donors (Lipinski definition) is 1. The molecule has 1 N–H and O–H groups in total. The molecule has 30 heavy (non-hydrogen) atoms. The van der Waals surface area contributed by atoms with Gasteiger partial charge in [0.25, 0.3) is 0 Å². The van der Waals surface area contributed by atoms with Gasteiger partial charge >= 0.3 is 0 Å². The number of benzene rings is 2. The second-order valence-corrected chi connectivity index (χ2v) is 9.14. The number of ether oxygens (including phenoxy) is 1. The maximum absolute atomic E-state index is 14.9. The van der Waals surface area contributed by atoms with E-state index in [4.69, 9.17) is 4.74 Å². The van der Waals surface area contributed by atoms with Gasteiger partial charge in [-0.25, -0.2) is 9.18 Å². The van der Waals surface area contributed by atoms with Crippen LogP contribution in [0, 0.1) is 5.82 Å². The van der Waals surface area contributed by atoms with Crippen molar-refractivity contribution in [3.63, 3.8) is 0 Å². The summed E-state index contributed by atoms with van der Waals surface area (Å²) in [6, 6.07) is 11.0. The van der Waals surface area contributed by atoms with Crippen LogP contribution in [0.1, 0.15) is 75.8 Å². The SMILES string of the molecule is CC(C)(C(O)=C=O)c1ccc(OC2CCCC2)c(-c2cccc(F)c2C2CCC2)c1. The largest absolute Gasteiger partial charge is 0.501 e. The van der Waals surface area contributed by atoms with Gasteiger partial charge < -0.3 is 9.84 Å². The third kappa shape index (κ3) is 3.77. The van der Waals surface area contributed by atoms with Crippen molar-refractivity contribution in [2.75, 3.05) is 0 Å². The van der Waals surface area contributed by atoms with E-state index < -0.39 is 5.41 Å². The Morgan fingerprint density at radius 1 is 1.07 bits per heavy atom. The normalized spacial score (nSPS) is 17.4. The fourth-order valence-corrected chi connectivity index (χ4v) is 4.57. The van der Waals surface area contributed by atoms with E-state index in [0.29, 0.717) is 0 Å². The molecule has 0 radical (unpaired) electrons. The first-order chi connectivity index (χ1) is 14.4. The van der Waals surface area contributed by atoms with Crippen molar-refractivity contribution in [3.8, 4) is 16.9 Å². The minimum atomic E-state index is -0.896. The molecular weight excluding hydrogens is 379 g/mol. The van der Waals surface area contributed by atoms with Crippen LogP contribution in [0.5, 0.6) is 5.75 Å². The molecule has 158 valence electrons. The van der Waals surface area contributed by atoms with Crippen LogP contribution in [0.4, 0.5) is 4.39 Å². The van der Waals surface area contributed by atoms with Crippen LogP contribution in [0.3, 0.4) is 0 Å². The molecule has 2 fully saturated rings. The summed E-state index contributed by atoms with van der Waals surface area (Å²) in [7, 11) is 0. The van der Waals surface area contributed by atoms with Gasteiger partial charge in [-0.05, 0) is 93.2 Å². The second kappa shape index (κ2) is 8.28. The molecule has 2 aliphatic rings. The van der Waals surface area contributed by atoms with Crippen LogP contribution >= 0.6 is 0 Å².